The zero-order valence-electron chi connectivity index (χ0n) is 31.1. The Labute approximate surface area is 295 Å². The van der Waals surface area contributed by atoms with E-state index in [0.29, 0.717) is 38.5 Å². The first kappa shape index (κ1) is 42.8. The molecule has 294 valence electrons. The third-order valence-electron chi connectivity index (χ3n) is 11.7. The van der Waals surface area contributed by atoms with Crippen LogP contribution < -0.4 is 0 Å². The summed E-state index contributed by atoms with van der Waals surface area (Å²) < 4.78 is 99.4. The molecule has 5 unspecified atom stereocenters. The Hall–Kier alpha value is -2.58. The maximum absolute atomic E-state index is 12.9. The van der Waals surface area contributed by atoms with E-state index in [9.17, 15) is 50.6 Å². The molecule has 0 amide bonds. The second-order valence-electron chi connectivity index (χ2n) is 17.2. The first-order chi connectivity index (χ1) is 22.9. The number of aliphatic hydroxyl groups is 1. The molecule has 0 aliphatic heterocycles. The molecular weight excluding hydrogens is 690 g/mol. The number of carbonyl (C=O) groups excluding carboxylic acids is 4. The lowest BCUT2D eigenvalue weighted by atomic mass is 9.50. The number of carbonyl (C=O) groups is 4. The molecule has 51 heavy (non-hydrogen) atoms. The second-order valence-corrected chi connectivity index (χ2v) is 17.2. The molecular formula is C36H54F6O9. The first-order valence-electron chi connectivity index (χ1n) is 17.6. The zero-order chi connectivity index (χ0) is 39.3. The Kier molecular flexibility index (Phi) is 11.8. The van der Waals surface area contributed by atoms with E-state index in [1.165, 1.54) is 6.92 Å². The minimum Gasteiger partial charge on any atom is -0.459 e. The summed E-state index contributed by atoms with van der Waals surface area (Å²) in [6, 6.07) is 0. The number of halogens is 6. The minimum atomic E-state index is -5.13. The molecule has 1 N–H and O–H groups in total. The summed E-state index contributed by atoms with van der Waals surface area (Å²) in [5.74, 6) is -4.66. The van der Waals surface area contributed by atoms with E-state index in [4.69, 9.17) is 18.9 Å². The molecule has 5 atom stereocenters. The Balaban J connectivity index is 0.000000287. The van der Waals surface area contributed by atoms with Crippen LogP contribution in [0.4, 0.5) is 26.3 Å². The van der Waals surface area contributed by atoms with Gasteiger partial charge >= 0.3 is 36.2 Å². The summed E-state index contributed by atoms with van der Waals surface area (Å²) in [5, 5.41) is 9.76. The van der Waals surface area contributed by atoms with Crippen LogP contribution in [0.3, 0.4) is 0 Å². The minimum absolute atomic E-state index is 0.0195. The van der Waals surface area contributed by atoms with E-state index in [1.54, 1.807) is 34.6 Å². The van der Waals surface area contributed by atoms with Crippen molar-refractivity contribution >= 4 is 23.9 Å². The van der Waals surface area contributed by atoms with E-state index < -0.39 is 75.0 Å². The predicted octanol–water partition coefficient (Wildman–Crippen LogP) is 8.08. The maximum Gasteiger partial charge on any atom is 0.490 e. The topological polar surface area (TPSA) is 125 Å². The molecule has 0 saturated heterocycles. The summed E-state index contributed by atoms with van der Waals surface area (Å²) in [6.45, 7) is 14.6. The Morgan fingerprint density at radius 1 is 0.667 bits per heavy atom. The van der Waals surface area contributed by atoms with Gasteiger partial charge in [0.2, 0.25) is 0 Å². The molecule has 0 aromatic heterocycles. The quantitative estimate of drug-likeness (QED) is 0.142. The van der Waals surface area contributed by atoms with Gasteiger partial charge in [-0.15, -0.1) is 0 Å². The van der Waals surface area contributed by atoms with Crippen molar-refractivity contribution in [2.75, 3.05) is 0 Å². The highest BCUT2D eigenvalue weighted by atomic mass is 19.4. The normalized spacial score (nSPS) is 33.3. The van der Waals surface area contributed by atoms with Gasteiger partial charge in [0.25, 0.3) is 0 Å². The van der Waals surface area contributed by atoms with Crippen molar-refractivity contribution in [1.29, 1.82) is 0 Å². The first-order valence-corrected chi connectivity index (χ1v) is 17.6. The molecule has 5 saturated carbocycles. The summed E-state index contributed by atoms with van der Waals surface area (Å²) in [5.41, 5.74) is -8.51. The Morgan fingerprint density at radius 3 is 1.39 bits per heavy atom. The number of hydrogen-bond acceptors (Lipinski definition) is 9. The smallest absolute Gasteiger partial charge is 0.459 e. The lowest BCUT2D eigenvalue weighted by molar-refractivity contribution is -0.284. The van der Waals surface area contributed by atoms with E-state index in [-0.39, 0.29) is 50.4 Å². The van der Waals surface area contributed by atoms with E-state index in [1.807, 2.05) is 13.8 Å². The predicted molar refractivity (Wildman–Crippen MR) is 171 cm³/mol. The fourth-order valence-corrected chi connectivity index (χ4v) is 8.19. The third kappa shape index (κ3) is 9.51. The van der Waals surface area contributed by atoms with Crippen LogP contribution >= 0.6 is 0 Å². The van der Waals surface area contributed by atoms with Crippen LogP contribution in [0.1, 0.15) is 139 Å². The maximum atomic E-state index is 12.9. The highest BCUT2D eigenvalue weighted by Gasteiger charge is 2.69. The number of esters is 4. The average Bonchev–Trinajstić information content (AvgIpc) is 2.94. The Bertz CT molecular complexity index is 1330. The highest BCUT2D eigenvalue weighted by molar-refractivity contribution is 5.77. The van der Waals surface area contributed by atoms with Gasteiger partial charge in [-0.05, 0) is 111 Å². The summed E-state index contributed by atoms with van der Waals surface area (Å²) in [4.78, 5) is 48.3. The van der Waals surface area contributed by atoms with Crippen molar-refractivity contribution in [2.24, 2.45) is 22.7 Å². The summed E-state index contributed by atoms with van der Waals surface area (Å²) in [7, 11) is 0. The Morgan fingerprint density at radius 2 is 1.04 bits per heavy atom. The number of alkyl halides is 6. The zero-order valence-corrected chi connectivity index (χ0v) is 31.1. The largest absolute Gasteiger partial charge is 0.490 e. The van der Waals surface area contributed by atoms with Gasteiger partial charge in [-0.25, -0.2) is 4.79 Å². The van der Waals surface area contributed by atoms with Gasteiger partial charge < -0.3 is 24.1 Å². The molecule has 5 fully saturated rings. The number of hydrogen-bond donors (Lipinski definition) is 1. The van der Waals surface area contributed by atoms with Crippen LogP contribution in [0.15, 0.2) is 0 Å². The molecule has 15 heteroatoms. The van der Waals surface area contributed by atoms with Crippen LogP contribution in [-0.2, 0) is 38.1 Å². The van der Waals surface area contributed by atoms with Crippen molar-refractivity contribution in [3.63, 3.8) is 0 Å². The van der Waals surface area contributed by atoms with E-state index in [0.717, 1.165) is 6.92 Å². The van der Waals surface area contributed by atoms with Crippen molar-refractivity contribution in [3.05, 3.63) is 0 Å². The van der Waals surface area contributed by atoms with Crippen molar-refractivity contribution < 1.29 is 69.6 Å². The number of rotatable bonds is 9. The lowest BCUT2D eigenvalue weighted by Crippen LogP contribution is -2.69. The van der Waals surface area contributed by atoms with Gasteiger partial charge in [-0.2, -0.15) is 26.3 Å². The van der Waals surface area contributed by atoms with Crippen molar-refractivity contribution in [1.82, 2.24) is 0 Å². The molecule has 9 nitrogen and oxygen atoms in total. The third-order valence-corrected chi connectivity index (χ3v) is 11.7. The second kappa shape index (κ2) is 14.0. The molecule has 4 bridgehead atoms. The molecule has 5 aliphatic rings. The van der Waals surface area contributed by atoms with Crippen molar-refractivity contribution in [2.45, 2.75) is 180 Å². The van der Waals surface area contributed by atoms with E-state index >= 15 is 0 Å². The van der Waals surface area contributed by atoms with Gasteiger partial charge in [0.1, 0.15) is 22.4 Å². The van der Waals surface area contributed by atoms with Gasteiger partial charge in [-0.3, -0.25) is 14.4 Å². The monoisotopic (exact) mass is 744 g/mol. The van der Waals surface area contributed by atoms with E-state index in [2.05, 4.69) is 0 Å². The van der Waals surface area contributed by atoms with Crippen LogP contribution in [0.25, 0.3) is 0 Å². The van der Waals surface area contributed by atoms with Crippen LogP contribution in [0.2, 0.25) is 0 Å². The summed E-state index contributed by atoms with van der Waals surface area (Å²) >= 11 is 0. The van der Waals surface area contributed by atoms with Gasteiger partial charge in [0.05, 0.1) is 10.8 Å². The molecule has 5 rings (SSSR count). The fraction of sp³-hybridized carbons (Fsp3) is 0.889. The average molecular weight is 745 g/mol. The van der Waals surface area contributed by atoms with Gasteiger partial charge in [-0.1, -0.05) is 13.8 Å². The lowest BCUT2D eigenvalue weighted by Gasteiger charge is -2.63. The number of ether oxygens (including phenoxy) is 4. The molecule has 0 aromatic carbocycles. The molecule has 0 heterocycles. The van der Waals surface area contributed by atoms with Crippen LogP contribution in [0.5, 0.6) is 0 Å². The highest BCUT2D eigenvalue weighted by Crippen LogP contribution is 2.63. The van der Waals surface area contributed by atoms with Crippen LogP contribution in [-0.4, -0.2) is 69.3 Å². The molecule has 0 radical (unpaired) electrons. The van der Waals surface area contributed by atoms with Gasteiger partial charge in [0, 0.05) is 26.2 Å². The molecule has 0 aromatic rings. The SMILES string of the molecule is CCC(C)(C)C(=O)OC1(C)CCC(C(C)(O)C(F)(F)F)CC1.CCC(C)(C)C(=O)OC12CC3CC(OC(C)=O)(CC(OC(=O)C(F)(F)F)(C3)C1)C2. The van der Waals surface area contributed by atoms with Crippen LogP contribution in [0, 0.1) is 22.7 Å². The molecule has 0 spiro atoms. The van der Waals surface area contributed by atoms with Crippen molar-refractivity contribution in [3.8, 4) is 0 Å². The molecule has 5 aliphatic carbocycles. The fourth-order valence-electron chi connectivity index (χ4n) is 8.19. The summed E-state index contributed by atoms with van der Waals surface area (Å²) in [6.07, 6.45) is -6.31. The van der Waals surface area contributed by atoms with Gasteiger partial charge in [0.15, 0.2) is 5.60 Å². The standard InChI is InChI=1S/C20H27F3O6.C16H27F3O3/c1-5-16(3,4)14(25)28-18-7-13-6-17(9-18,27-12(2)24)10-19(8-13,11-18)29-15(26)20(21,22)23;1-6-13(2,3)12(20)22-14(4)9-7-11(8-10-14)15(5,21)16(17,18)19/h13H,5-11H2,1-4H3;11,21H,6-10H2,1-5H3.